The van der Waals surface area contributed by atoms with Gasteiger partial charge in [0, 0.05) is 12.3 Å². The van der Waals surface area contributed by atoms with Crippen LogP contribution in [0.1, 0.15) is 38.4 Å². The first-order valence-electron chi connectivity index (χ1n) is 9.95. The zero-order chi connectivity index (χ0) is 24.2. The van der Waals surface area contributed by atoms with Gasteiger partial charge in [0.2, 0.25) is 5.91 Å². The molecule has 0 aliphatic carbocycles. The summed E-state index contributed by atoms with van der Waals surface area (Å²) in [6.07, 6.45) is 1.40. The van der Waals surface area contributed by atoms with Gasteiger partial charge in [-0.2, -0.15) is 0 Å². The molecule has 0 saturated heterocycles. The number of benzene rings is 1. The summed E-state index contributed by atoms with van der Waals surface area (Å²) in [4.78, 5) is 42.7. The van der Waals surface area contributed by atoms with E-state index in [1.54, 1.807) is 30.5 Å². The molecular formula is C23H18FN3O5S2. The van der Waals surface area contributed by atoms with Crippen molar-refractivity contribution in [1.82, 2.24) is 4.98 Å². The molecule has 0 unspecified atom stereocenters. The number of halogens is 1. The number of rotatable bonds is 7. The number of carbonyl (C=O) groups is 3. The maximum Gasteiger partial charge on any atom is 0.349 e. The van der Waals surface area contributed by atoms with Crippen molar-refractivity contribution in [1.29, 1.82) is 0 Å². The van der Waals surface area contributed by atoms with Crippen LogP contribution in [0.2, 0.25) is 0 Å². The lowest BCUT2D eigenvalue weighted by atomic mass is 10.3. The number of esters is 1. The normalized spacial score (nSPS) is 10.7. The monoisotopic (exact) mass is 499 g/mol. The van der Waals surface area contributed by atoms with Crippen molar-refractivity contribution < 1.29 is 27.9 Å². The minimum Gasteiger partial charge on any atom is -0.459 e. The lowest BCUT2D eigenvalue weighted by Gasteiger charge is -2.18. The second-order valence-electron chi connectivity index (χ2n) is 7.06. The van der Waals surface area contributed by atoms with E-state index in [-0.39, 0.29) is 23.2 Å². The van der Waals surface area contributed by atoms with E-state index in [4.69, 9.17) is 9.15 Å². The Bertz CT molecular complexity index is 1350. The van der Waals surface area contributed by atoms with Gasteiger partial charge in [0.05, 0.1) is 22.6 Å². The number of carbonyl (C=O) groups excluding carboxylic acids is 3. The molecule has 0 fully saturated rings. The highest BCUT2D eigenvalue weighted by atomic mass is 32.1. The zero-order valence-electron chi connectivity index (χ0n) is 18.0. The van der Waals surface area contributed by atoms with E-state index in [0.717, 1.165) is 22.7 Å². The number of para-hydroxylation sites is 1. The number of thiophene rings is 1. The number of anilines is 3. The van der Waals surface area contributed by atoms with E-state index >= 15 is 0 Å². The van der Waals surface area contributed by atoms with E-state index in [1.165, 1.54) is 42.4 Å². The smallest absolute Gasteiger partial charge is 0.349 e. The zero-order valence-corrected chi connectivity index (χ0v) is 19.7. The Labute approximate surface area is 201 Å². The number of nitrogens with one attached hydrogen (secondary N) is 1. The van der Waals surface area contributed by atoms with Crippen LogP contribution < -0.4 is 10.2 Å². The largest absolute Gasteiger partial charge is 0.459 e. The maximum atomic E-state index is 14.2. The number of nitrogens with zero attached hydrogens (tertiary/aromatic N) is 2. The molecule has 4 rings (SSSR count). The van der Waals surface area contributed by atoms with Gasteiger partial charge in [0.25, 0.3) is 5.91 Å². The fourth-order valence-electron chi connectivity index (χ4n) is 3.04. The maximum absolute atomic E-state index is 14.2. The SMILES string of the molecule is CC(=O)N(c1nc(COC(=O)c2sc(NC(=O)c3ccco3)cc2C)cs1)c1ccccc1F. The molecule has 1 N–H and O–H groups in total. The molecule has 3 heterocycles. The molecule has 0 atom stereocenters. The van der Waals surface area contributed by atoms with Crippen molar-refractivity contribution in [3.63, 3.8) is 0 Å². The predicted molar refractivity (Wildman–Crippen MR) is 126 cm³/mol. The van der Waals surface area contributed by atoms with Gasteiger partial charge in [0.15, 0.2) is 10.9 Å². The number of amides is 2. The summed E-state index contributed by atoms with van der Waals surface area (Å²) in [7, 11) is 0. The number of furan rings is 1. The van der Waals surface area contributed by atoms with Gasteiger partial charge in [0.1, 0.15) is 17.3 Å². The minimum atomic E-state index is -0.576. The molecule has 0 saturated carbocycles. The summed E-state index contributed by atoms with van der Waals surface area (Å²) in [5.41, 5.74) is 1.15. The van der Waals surface area contributed by atoms with Crippen LogP contribution in [0.5, 0.6) is 0 Å². The van der Waals surface area contributed by atoms with E-state index in [0.29, 0.717) is 21.1 Å². The third kappa shape index (κ3) is 5.05. The van der Waals surface area contributed by atoms with Crippen molar-refractivity contribution in [3.8, 4) is 0 Å². The Balaban J connectivity index is 1.42. The molecule has 174 valence electrons. The standard InChI is InChI=1S/C23H18FN3O5S2/c1-13-10-19(26-21(29)18-8-5-9-31-18)34-20(13)22(30)32-11-15-12-33-23(25-15)27(14(2)28)17-7-4-3-6-16(17)24/h3-10,12H,11H2,1-2H3,(H,26,29). The number of hydrogen-bond acceptors (Lipinski definition) is 8. The number of ether oxygens (including phenoxy) is 1. The molecule has 0 bridgehead atoms. The summed E-state index contributed by atoms with van der Waals surface area (Å²) >= 11 is 2.21. The Kier molecular flexibility index (Phi) is 6.85. The molecule has 34 heavy (non-hydrogen) atoms. The molecular weight excluding hydrogens is 481 g/mol. The Hall–Kier alpha value is -3.83. The third-order valence-electron chi connectivity index (χ3n) is 4.58. The summed E-state index contributed by atoms with van der Waals surface area (Å²) in [5, 5.41) is 5.05. The molecule has 11 heteroatoms. The van der Waals surface area contributed by atoms with Gasteiger partial charge in [-0.15, -0.1) is 22.7 Å². The highest BCUT2D eigenvalue weighted by molar-refractivity contribution is 7.18. The van der Waals surface area contributed by atoms with Gasteiger partial charge < -0.3 is 14.5 Å². The molecule has 8 nitrogen and oxygen atoms in total. The molecule has 3 aromatic heterocycles. The number of thiazole rings is 1. The van der Waals surface area contributed by atoms with Gasteiger partial charge >= 0.3 is 5.97 Å². The first-order chi connectivity index (χ1) is 16.3. The van der Waals surface area contributed by atoms with Gasteiger partial charge in [-0.25, -0.2) is 14.2 Å². The van der Waals surface area contributed by atoms with Crippen LogP contribution in [0.25, 0.3) is 0 Å². The first kappa shape index (κ1) is 23.3. The fourth-order valence-corrected chi connectivity index (χ4v) is 4.86. The quantitative estimate of drug-likeness (QED) is 0.335. The van der Waals surface area contributed by atoms with Gasteiger partial charge in [-0.3, -0.25) is 14.5 Å². The molecule has 2 amide bonds. The van der Waals surface area contributed by atoms with Crippen LogP contribution in [0.4, 0.5) is 20.2 Å². The van der Waals surface area contributed by atoms with E-state index < -0.39 is 23.6 Å². The van der Waals surface area contributed by atoms with Gasteiger partial charge in [-0.1, -0.05) is 12.1 Å². The highest BCUT2D eigenvalue weighted by Crippen LogP contribution is 2.31. The van der Waals surface area contributed by atoms with Crippen LogP contribution in [-0.4, -0.2) is 22.8 Å². The van der Waals surface area contributed by atoms with Crippen LogP contribution in [0.15, 0.2) is 58.5 Å². The topological polar surface area (TPSA) is 102 Å². The second-order valence-corrected chi connectivity index (χ2v) is 8.95. The third-order valence-corrected chi connectivity index (χ3v) is 6.58. The molecule has 0 aliphatic heterocycles. The Morgan fingerprint density at radius 1 is 1.21 bits per heavy atom. The molecule has 0 aliphatic rings. The molecule has 0 radical (unpaired) electrons. The molecule has 1 aromatic carbocycles. The molecule has 4 aromatic rings. The van der Waals surface area contributed by atoms with Crippen molar-refractivity contribution in [2.24, 2.45) is 0 Å². The average molecular weight is 500 g/mol. The van der Waals surface area contributed by atoms with Crippen LogP contribution in [0, 0.1) is 12.7 Å². The Morgan fingerprint density at radius 3 is 2.71 bits per heavy atom. The predicted octanol–water partition coefficient (Wildman–Crippen LogP) is 5.54. The summed E-state index contributed by atoms with van der Waals surface area (Å²) in [5.74, 6) is -1.80. The lowest BCUT2D eigenvalue weighted by molar-refractivity contribution is -0.115. The van der Waals surface area contributed by atoms with Crippen molar-refractivity contribution in [3.05, 3.63) is 81.8 Å². The second kappa shape index (κ2) is 9.98. The van der Waals surface area contributed by atoms with Crippen molar-refractivity contribution >= 4 is 56.3 Å². The van der Waals surface area contributed by atoms with Crippen molar-refractivity contribution in [2.75, 3.05) is 10.2 Å². The lowest BCUT2D eigenvalue weighted by Crippen LogP contribution is -2.23. The average Bonchev–Trinajstić information content (AvgIpc) is 3.55. The van der Waals surface area contributed by atoms with Crippen molar-refractivity contribution in [2.45, 2.75) is 20.5 Å². The van der Waals surface area contributed by atoms with E-state index in [2.05, 4.69) is 10.3 Å². The Morgan fingerprint density at radius 2 is 2.00 bits per heavy atom. The number of aromatic nitrogens is 1. The fraction of sp³-hybridized carbons (Fsp3) is 0.130. The van der Waals surface area contributed by atoms with E-state index in [1.807, 2.05) is 0 Å². The van der Waals surface area contributed by atoms with Crippen LogP contribution in [0.3, 0.4) is 0 Å². The van der Waals surface area contributed by atoms with Crippen LogP contribution >= 0.6 is 22.7 Å². The van der Waals surface area contributed by atoms with Gasteiger partial charge in [-0.05, 0) is 42.8 Å². The number of hydrogen-bond donors (Lipinski definition) is 1. The van der Waals surface area contributed by atoms with E-state index in [9.17, 15) is 18.8 Å². The summed E-state index contributed by atoms with van der Waals surface area (Å²) in [6.45, 7) is 2.91. The highest BCUT2D eigenvalue weighted by Gasteiger charge is 2.22. The van der Waals surface area contributed by atoms with Crippen LogP contribution in [-0.2, 0) is 16.1 Å². The number of aryl methyl sites for hydroxylation is 1. The molecule has 0 spiro atoms. The summed E-state index contributed by atoms with van der Waals surface area (Å²) < 4.78 is 24.6. The summed E-state index contributed by atoms with van der Waals surface area (Å²) in [6, 6.07) is 10.7. The minimum absolute atomic E-state index is 0.0891. The first-order valence-corrected chi connectivity index (χ1v) is 11.6.